The van der Waals surface area contributed by atoms with Crippen molar-refractivity contribution in [3.8, 4) is 0 Å². The summed E-state index contributed by atoms with van der Waals surface area (Å²) < 4.78 is 0. The molecule has 1 aliphatic heterocycles. The molecule has 2 atom stereocenters. The van der Waals surface area contributed by atoms with E-state index in [0.717, 1.165) is 18.7 Å². The number of carboxylic acids is 1. The van der Waals surface area contributed by atoms with Gasteiger partial charge in [-0.3, -0.25) is 4.79 Å². The molecule has 0 saturated carbocycles. The number of carboxylic acid groups (broad SMARTS) is 1. The third kappa shape index (κ3) is 3.93. The van der Waals surface area contributed by atoms with Crippen molar-refractivity contribution in [3.05, 3.63) is 47.3 Å². The van der Waals surface area contributed by atoms with Crippen molar-refractivity contribution in [2.45, 2.75) is 26.2 Å². The quantitative estimate of drug-likeness (QED) is 0.710. The van der Waals surface area contributed by atoms with Crippen LogP contribution in [-0.4, -0.2) is 44.8 Å². The molecule has 1 aliphatic rings. The standard InChI is InChI=1S/C18H23N5O2/c1-11(2)16(18(24)25)15(17-20-22-23-21-17)9-12-3-5-13(6-4-12)14-7-8-19-10-14/h3-7,11,15-16,19H,8-10H2,1-2H3,(H,24,25)(H,20,21,22,23). The molecule has 2 aromatic rings. The van der Waals surface area contributed by atoms with Crippen LogP contribution >= 0.6 is 0 Å². The Balaban J connectivity index is 1.83. The maximum Gasteiger partial charge on any atom is 0.307 e. The predicted octanol–water partition coefficient (Wildman–Crippen LogP) is 1.87. The van der Waals surface area contributed by atoms with E-state index < -0.39 is 11.9 Å². The number of tetrazole rings is 1. The number of rotatable bonds is 7. The molecule has 2 heterocycles. The van der Waals surface area contributed by atoms with Crippen LogP contribution in [0.2, 0.25) is 0 Å². The Hall–Kier alpha value is -2.54. The topological polar surface area (TPSA) is 104 Å². The fourth-order valence-corrected chi connectivity index (χ4v) is 3.43. The highest BCUT2D eigenvalue weighted by molar-refractivity contribution is 5.71. The van der Waals surface area contributed by atoms with Crippen LogP contribution in [0.5, 0.6) is 0 Å². The van der Waals surface area contributed by atoms with Crippen molar-refractivity contribution in [1.29, 1.82) is 0 Å². The summed E-state index contributed by atoms with van der Waals surface area (Å²) in [6.45, 7) is 5.62. The van der Waals surface area contributed by atoms with E-state index in [2.05, 4.69) is 56.3 Å². The second-order valence-electron chi connectivity index (χ2n) is 6.75. The zero-order valence-corrected chi connectivity index (χ0v) is 14.4. The van der Waals surface area contributed by atoms with Crippen LogP contribution in [0.25, 0.3) is 5.57 Å². The first-order chi connectivity index (χ1) is 12.1. The number of nitrogens with one attached hydrogen (secondary N) is 2. The number of carbonyl (C=O) groups is 1. The van der Waals surface area contributed by atoms with E-state index in [9.17, 15) is 9.90 Å². The summed E-state index contributed by atoms with van der Waals surface area (Å²) in [5.41, 5.74) is 3.56. The first-order valence-electron chi connectivity index (χ1n) is 8.51. The van der Waals surface area contributed by atoms with Crippen molar-refractivity contribution < 1.29 is 9.90 Å². The molecule has 0 amide bonds. The monoisotopic (exact) mass is 341 g/mol. The zero-order valence-electron chi connectivity index (χ0n) is 14.4. The van der Waals surface area contributed by atoms with Crippen LogP contribution < -0.4 is 5.32 Å². The van der Waals surface area contributed by atoms with Gasteiger partial charge in [-0.15, -0.1) is 10.2 Å². The Morgan fingerprint density at radius 1 is 1.28 bits per heavy atom. The third-order valence-corrected chi connectivity index (χ3v) is 4.72. The Morgan fingerprint density at radius 2 is 2.04 bits per heavy atom. The molecule has 0 saturated heterocycles. The van der Waals surface area contributed by atoms with Gasteiger partial charge in [-0.2, -0.15) is 5.21 Å². The van der Waals surface area contributed by atoms with Crippen LogP contribution in [0.1, 0.15) is 36.7 Å². The summed E-state index contributed by atoms with van der Waals surface area (Å²) in [5.74, 6) is -1.31. The van der Waals surface area contributed by atoms with E-state index in [4.69, 9.17) is 0 Å². The summed E-state index contributed by atoms with van der Waals surface area (Å²) in [7, 11) is 0. The van der Waals surface area contributed by atoms with E-state index in [1.165, 1.54) is 11.1 Å². The Bertz CT molecular complexity index is 737. The number of nitrogens with zero attached hydrogens (tertiary/aromatic N) is 3. The van der Waals surface area contributed by atoms with E-state index in [1.807, 2.05) is 13.8 Å². The van der Waals surface area contributed by atoms with Crippen molar-refractivity contribution in [3.63, 3.8) is 0 Å². The predicted molar refractivity (Wildman–Crippen MR) is 93.9 cm³/mol. The average molecular weight is 341 g/mol. The smallest absolute Gasteiger partial charge is 0.307 e. The maximum absolute atomic E-state index is 11.8. The fraction of sp³-hybridized carbons (Fsp3) is 0.444. The third-order valence-electron chi connectivity index (χ3n) is 4.72. The number of benzene rings is 1. The summed E-state index contributed by atoms with van der Waals surface area (Å²) in [5, 5.41) is 27.1. The number of H-pyrrole nitrogens is 1. The highest BCUT2D eigenvalue weighted by atomic mass is 16.4. The van der Waals surface area contributed by atoms with Gasteiger partial charge in [0.15, 0.2) is 5.82 Å². The lowest BCUT2D eigenvalue weighted by atomic mass is 9.79. The lowest BCUT2D eigenvalue weighted by Crippen LogP contribution is -2.29. The van der Waals surface area contributed by atoms with Crippen LogP contribution in [0.3, 0.4) is 0 Å². The lowest BCUT2D eigenvalue weighted by Gasteiger charge is -2.24. The fourth-order valence-electron chi connectivity index (χ4n) is 3.43. The van der Waals surface area contributed by atoms with E-state index in [1.54, 1.807) is 0 Å². The SMILES string of the molecule is CC(C)C(C(=O)O)C(Cc1ccc(C2=CCNC2)cc1)c1nn[nH]n1. The van der Waals surface area contributed by atoms with Crippen molar-refractivity contribution >= 4 is 11.5 Å². The van der Waals surface area contributed by atoms with E-state index in [-0.39, 0.29) is 11.8 Å². The molecule has 3 N–H and O–H groups in total. The van der Waals surface area contributed by atoms with E-state index >= 15 is 0 Å². The summed E-state index contributed by atoms with van der Waals surface area (Å²) in [6.07, 6.45) is 2.75. The zero-order chi connectivity index (χ0) is 17.8. The largest absolute Gasteiger partial charge is 0.481 e. The molecule has 25 heavy (non-hydrogen) atoms. The Morgan fingerprint density at radius 3 is 2.56 bits per heavy atom. The molecule has 2 unspecified atom stereocenters. The van der Waals surface area contributed by atoms with Gasteiger partial charge in [0.05, 0.1) is 5.92 Å². The molecule has 7 heteroatoms. The van der Waals surface area contributed by atoms with Gasteiger partial charge in [0.1, 0.15) is 0 Å². The maximum atomic E-state index is 11.8. The number of aromatic nitrogens is 4. The summed E-state index contributed by atoms with van der Waals surface area (Å²) in [6, 6.07) is 8.29. The van der Waals surface area contributed by atoms with Gasteiger partial charge in [0, 0.05) is 19.0 Å². The van der Waals surface area contributed by atoms with Gasteiger partial charge in [-0.1, -0.05) is 49.4 Å². The molecule has 0 aliphatic carbocycles. The average Bonchev–Trinajstić information content (AvgIpc) is 3.28. The molecule has 0 bridgehead atoms. The molecule has 0 radical (unpaired) electrons. The number of aromatic amines is 1. The first-order valence-corrected chi connectivity index (χ1v) is 8.51. The molecule has 1 aromatic heterocycles. The van der Waals surface area contributed by atoms with Gasteiger partial charge in [0.2, 0.25) is 0 Å². The summed E-state index contributed by atoms with van der Waals surface area (Å²) >= 11 is 0. The number of hydrogen-bond acceptors (Lipinski definition) is 5. The summed E-state index contributed by atoms with van der Waals surface area (Å²) in [4.78, 5) is 11.8. The van der Waals surface area contributed by atoms with Gasteiger partial charge < -0.3 is 10.4 Å². The first kappa shape index (κ1) is 17.3. The second kappa shape index (κ2) is 7.57. The molecular formula is C18H23N5O2. The minimum absolute atomic E-state index is 0.0324. The molecule has 3 rings (SSSR count). The van der Waals surface area contributed by atoms with Crippen molar-refractivity contribution in [2.24, 2.45) is 11.8 Å². The van der Waals surface area contributed by atoms with Crippen LogP contribution in [0, 0.1) is 11.8 Å². The molecule has 132 valence electrons. The number of aliphatic carboxylic acids is 1. The highest BCUT2D eigenvalue weighted by Gasteiger charge is 2.34. The minimum Gasteiger partial charge on any atom is -0.481 e. The van der Waals surface area contributed by atoms with Gasteiger partial charge in [0.25, 0.3) is 0 Å². The molecular weight excluding hydrogens is 318 g/mol. The number of hydrogen-bond donors (Lipinski definition) is 3. The van der Waals surface area contributed by atoms with Gasteiger partial charge in [-0.05, 0) is 29.0 Å². The Kier molecular flexibility index (Phi) is 5.23. The van der Waals surface area contributed by atoms with Crippen molar-refractivity contribution in [1.82, 2.24) is 25.9 Å². The lowest BCUT2D eigenvalue weighted by molar-refractivity contribution is -0.144. The molecule has 0 fully saturated rings. The van der Waals surface area contributed by atoms with Gasteiger partial charge in [-0.25, -0.2) is 0 Å². The van der Waals surface area contributed by atoms with E-state index in [0.29, 0.717) is 12.2 Å². The molecule has 0 spiro atoms. The normalized spacial score (nSPS) is 16.7. The van der Waals surface area contributed by atoms with Crippen molar-refractivity contribution in [2.75, 3.05) is 13.1 Å². The van der Waals surface area contributed by atoms with Crippen LogP contribution in [0.15, 0.2) is 30.3 Å². The molecule has 7 nitrogen and oxygen atoms in total. The minimum atomic E-state index is -0.830. The van der Waals surface area contributed by atoms with Crippen LogP contribution in [0.4, 0.5) is 0 Å². The molecule has 1 aromatic carbocycles. The Labute approximate surface area is 146 Å². The van der Waals surface area contributed by atoms with Crippen LogP contribution in [-0.2, 0) is 11.2 Å². The second-order valence-corrected chi connectivity index (χ2v) is 6.75. The highest BCUT2D eigenvalue weighted by Crippen LogP contribution is 2.32. The van der Waals surface area contributed by atoms with Gasteiger partial charge >= 0.3 is 5.97 Å².